The van der Waals surface area contributed by atoms with Crippen molar-refractivity contribution in [2.75, 3.05) is 12.1 Å². The van der Waals surface area contributed by atoms with Crippen LogP contribution in [-0.2, 0) is 0 Å². The minimum absolute atomic E-state index is 0.170. The lowest BCUT2D eigenvalue weighted by molar-refractivity contribution is 0.102. The van der Waals surface area contributed by atoms with E-state index in [0.717, 1.165) is 0 Å². The minimum Gasteiger partial charge on any atom is -0.454 e. The second kappa shape index (κ2) is 4.74. The Morgan fingerprint density at radius 3 is 2.79 bits per heavy atom. The van der Waals surface area contributed by atoms with E-state index in [1.165, 1.54) is 0 Å². The number of fused-ring (bicyclic) bond motifs is 1. The SMILES string of the molecule is O=C(Nc1ccc(Cl)nn1)c1ccc2c(c1)OCO2. The van der Waals surface area contributed by atoms with Crippen LogP contribution in [0.25, 0.3) is 0 Å². The molecule has 3 rings (SSSR count). The molecule has 0 unspecified atom stereocenters. The number of hydrogen-bond donors (Lipinski definition) is 1. The van der Waals surface area contributed by atoms with Gasteiger partial charge in [0.05, 0.1) is 0 Å². The normalized spacial score (nSPS) is 12.3. The van der Waals surface area contributed by atoms with Crippen molar-refractivity contribution in [3.63, 3.8) is 0 Å². The zero-order valence-corrected chi connectivity index (χ0v) is 10.3. The number of carbonyl (C=O) groups is 1. The largest absolute Gasteiger partial charge is 0.454 e. The first-order valence-electron chi connectivity index (χ1n) is 5.42. The Morgan fingerprint density at radius 2 is 2.00 bits per heavy atom. The molecule has 0 spiro atoms. The van der Waals surface area contributed by atoms with Gasteiger partial charge in [-0.25, -0.2) is 0 Å². The predicted molar refractivity (Wildman–Crippen MR) is 67.6 cm³/mol. The number of ether oxygens (including phenoxy) is 2. The maximum absolute atomic E-state index is 12.0. The van der Waals surface area contributed by atoms with Gasteiger partial charge in [0, 0.05) is 5.56 Å². The van der Waals surface area contributed by atoms with Crippen LogP contribution in [0.15, 0.2) is 30.3 Å². The monoisotopic (exact) mass is 277 g/mol. The standard InChI is InChI=1S/C12H8ClN3O3/c13-10-3-4-11(16-15-10)14-12(17)7-1-2-8-9(5-7)19-6-18-8/h1-5H,6H2,(H,14,16,17). The summed E-state index contributed by atoms with van der Waals surface area (Å²) in [5, 5.41) is 10.3. The van der Waals surface area contributed by atoms with Crippen LogP contribution in [0.4, 0.5) is 5.82 Å². The zero-order chi connectivity index (χ0) is 13.2. The quantitative estimate of drug-likeness (QED) is 0.910. The molecule has 0 fully saturated rings. The highest BCUT2D eigenvalue weighted by Gasteiger charge is 2.16. The number of nitrogens with zero attached hydrogens (tertiary/aromatic N) is 2. The smallest absolute Gasteiger partial charge is 0.257 e. The molecule has 2 aromatic rings. The summed E-state index contributed by atoms with van der Waals surface area (Å²) in [6.07, 6.45) is 0. The fourth-order valence-corrected chi connectivity index (χ4v) is 1.71. The van der Waals surface area contributed by atoms with Crippen LogP contribution in [-0.4, -0.2) is 22.9 Å². The molecule has 7 heteroatoms. The molecule has 1 N–H and O–H groups in total. The Labute approximate surface area is 113 Å². The van der Waals surface area contributed by atoms with Crippen LogP contribution in [0.5, 0.6) is 11.5 Å². The third-order valence-corrected chi connectivity index (χ3v) is 2.71. The maximum Gasteiger partial charge on any atom is 0.257 e. The van der Waals surface area contributed by atoms with Gasteiger partial charge in [0.15, 0.2) is 22.5 Å². The van der Waals surface area contributed by atoms with E-state index in [1.807, 2.05) is 0 Å². The molecule has 2 heterocycles. The Hall–Kier alpha value is -2.34. The Kier molecular flexibility index (Phi) is 2.92. The van der Waals surface area contributed by atoms with Crippen molar-refractivity contribution < 1.29 is 14.3 Å². The van der Waals surface area contributed by atoms with Crippen molar-refractivity contribution in [3.05, 3.63) is 41.0 Å². The number of amides is 1. The van der Waals surface area contributed by atoms with Crippen molar-refractivity contribution in [1.82, 2.24) is 10.2 Å². The molecule has 1 aliphatic heterocycles. The van der Waals surface area contributed by atoms with Crippen LogP contribution < -0.4 is 14.8 Å². The molecule has 1 aromatic heterocycles. The van der Waals surface area contributed by atoms with Gasteiger partial charge in [-0.05, 0) is 30.3 Å². The summed E-state index contributed by atoms with van der Waals surface area (Å²) in [6.45, 7) is 0.170. The summed E-state index contributed by atoms with van der Waals surface area (Å²) in [6, 6.07) is 8.06. The van der Waals surface area contributed by atoms with Crippen LogP contribution in [0, 0.1) is 0 Å². The summed E-state index contributed by atoms with van der Waals surface area (Å²) in [7, 11) is 0. The molecule has 1 aromatic carbocycles. The minimum atomic E-state index is -0.310. The molecular formula is C12H8ClN3O3. The number of anilines is 1. The predicted octanol–water partition coefficient (Wildman–Crippen LogP) is 2.11. The van der Waals surface area contributed by atoms with E-state index >= 15 is 0 Å². The average Bonchev–Trinajstić information content (AvgIpc) is 2.88. The summed E-state index contributed by atoms with van der Waals surface area (Å²) >= 11 is 5.61. The third-order valence-electron chi connectivity index (χ3n) is 2.51. The van der Waals surface area contributed by atoms with Crippen molar-refractivity contribution >= 4 is 23.3 Å². The average molecular weight is 278 g/mol. The molecule has 0 radical (unpaired) electrons. The molecule has 19 heavy (non-hydrogen) atoms. The van der Waals surface area contributed by atoms with E-state index in [9.17, 15) is 4.79 Å². The van der Waals surface area contributed by atoms with Crippen molar-refractivity contribution in [2.45, 2.75) is 0 Å². The van der Waals surface area contributed by atoms with E-state index in [-0.39, 0.29) is 17.9 Å². The van der Waals surface area contributed by atoms with Crippen LogP contribution in [0.3, 0.4) is 0 Å². The second-order valence-electron chi connectivity index (χ2n) is 3.76. The molecule has 1 amide bonds. The van der Waals surface area contributed by atoms with Gasteiger partial charge in [0.2, 0.25) is 6.79 Å². The number of rotatable bonds is 2. The molecule has 96 valence electrons. The summed E-state index contributed by atoms with van der Waals surface area (Å²) < 4.78 is 10.4. The fraction of sp³-hybridized carbons (Fsp3) is 0.0833. The number of benzene rings is 1. The first kappa shape index (κ1) is 11.7. The zero-order valence-electron chi connectivity index (χ0n) is 9.59. The first-order valence-corrected chi connectivity index (χ1v) is 5.80. The van der Waals surface area contributed by atoms with Crippen molar-refractivity contribution in [1.29, 1.82) is 0 Å². The number of halogens is 1. The lowest BCUT2D eigenvalue weighted by Gasteiger charge is -2.04. The van der Waals surface area contributed by atoms with Gasteiger partial charge in [0.25, 0.3) is 5.91 Å². The van der Waals surface area contributed by atoms with Gasteiger partial charge in [-0.15, -0.1) is 10.2 Å². The molecule has 0 saturated heterocycles. The highest BCUT2D eigenvalue weighted by Crippen LogP contribution is 2.32. The molecule has 0 atom stereocenters. The molecule has 0 saturated carbocycles. The number of aromatic nitrogens is 2. The Bertz CT molecular complexity index is 631. The molecular weight excluding hydrogens is 270 g/mol. The molecule has 6 nitrogen and oxygen atoms in total. The van der Waals surface area contributed by atoms with Gasteiger partial charge in [-0.3, -0.25) is 4.79 Å². The number of hydrogen-bond acceptors (Lipinski definition) is 5. The molecule has 0 bridgehead atoms. The molecule has 1 aliphatic rings. The van der Waals surface area contributed by atoms with Gasteiger partial charge >= 0.3 is 0 Å². The lowest BCUT2D eigenvalue weighted by atomic mass is 10.2. The maximum atomic E-state index is 12.0. The topological polar surface area (TPSA) is 73.3 Å². The van der Waals surface area contributed by atoms with E-state index in [1.54, 1.807) is 30.3 Å². The summed E-state index contributed by atoms with van der Waals surface area (Å²) in [5.74, 6) is 1.19. The fourth-order valence-electron chi connectivity index (χ4n) is 1.61. The second-order valence-corrected chi connectivity index (χ2v) is 4.15. The van der Waals surface area contributed by atoms with E-state index < -0.39 is 0 Å². The van der Waals surface area contributed by atoms with Gasteiger partial charge in [-0.2, -0.15) is 0 Å². The Morgan fingerprint density at radius 1 is 1.16 bits per heavy atom. The summed E-state index contributed by atoms with van der Waals surface area (Å²) in [5.41, 5.74) is 0.445. The third kappa shape index (κ3) is 2.43. The van der Waals surface area contributed by atoms with Gasteiger partial charge in [0.1, 0.15) is 0 Å². The van der Waals surface area contributed by atoms with Crippen molar-refractivity contribution in [2.24, 2.45) is 0 Å². The highest BCUT2D eigenvalue weighted by atomic mass is 35.5. The van der Waals surface area contributed by atoms with E-state index in [4.69, 9.17) is 21.1 Å². The number of carbonyl (C=O) groups excluding carboxylic acids is 1. The van der Waals surface area contributed by atoms with Crippen LogP contribution in [0.2, 0.25) is 5.15 Å². The van der Waals surface area contributed by atoms with Crippen LogP contribution in [0.1, 0.15) is 10.4 Å². The number of nitrogens with one attached hydrogen (secondary N) is 1. The Balaban J connectivity index is 1.78. The molecule has 0 aliphatic carbocycles. The van der Waals surface area contributed by atoms with E-state index in [0.29, 0.717) is 22.9 Å². The van der Waals surface area contributed by atoms with Gasteiger partial charge < -0.3 is 14.8 Å². The van der Waals surface area contributed by atoms with E-state index in [2.05, 4.69) is 15.5 Å². The van der Waals surface area contributed by atoms with Gasteiger partial charge in [-0.1, -0.05) is 11.6 Å². The summed E-state index contributed by atoms with van der Waals surface area (Å²) in [4.78, 5) is 12.0. The first-order chi connectivity index (χ1) is 9.22. The van der Waals surface area contributed by atoms with Crippen LogP contribution >= 0.6 is 11.6 Å². The highest BCUT2D eigenvalue weighted by molar-refractivity contribution is 6.29. The van der Waals surface area contributed by atoms with Crippen molar-refractivity contribution in [3.8, 4) is 11.5 Å². The lowest BCUT2D eigenvalue weighted by Crippen LogP contribution is -2.13.